The molecule has 84 heavy (non-hydrogen) atoms. The van der Waals surface area contributed by atoms with E-state index in [4.69, 9.17) is 9.47 Å². The maximum Gasteiger partial charge on any atom is 0.249 e. The average molecular weight is 1200 g/mol. The van der Waals surface area contributed by atoms with E-state index in [0.717, 1.165) is 38.5 Å². The van der Waals surface area contributed by atoms with Crippen LogP contribution in [0.5, 0.6) is 0 Å². The second kappa shape index (κ2) is 62.3. The third-order valence-corrected chi connectivity index (χ3v) is 18.7. The van der Waals surface area contributed by atoms with Crippen LogP contribution in [0.4, 0.5) is 0 Å². The Hall–Kier alpha value is -0.890. The minimum atomic E-state index is -1.66. The molecule has 1 heterocycles. The highest BCUT2D eigenvalue weighted by Crippen LogP contribution is 2.24. The highest BCUT2D eigenvalue weighted by Gasteiger charge is 2.44. The minimum Gasteiger partial charge on any atom is -0.394 e. The van der Waals surface area contributed by atoms with Gasteiger partial charge in [-0.15, -0.1) is 0 Å². The summed E-state index contributed by atoms with van der Waals surface area (Å²) in [7, 11) is 0. The number of amides is 1. The van der Waals surface area contributed by atoms with Crippen molar-refractivity contribution in [1.82, 2.24) is 5.32 Å². The number of carbonyl (C=O) groups excluding carboxylic acids is 1. The summed E-state index contributed by atoms with van der Waals surface area (Å²) in [6.07, 6.45) is 64.8. The van der Waals surface area contributed by atoms with Crippen molar-refractivity contribution in [2.45, 2.75) is 448 Å². The van der Waals surface area contributed by atoms with Gasteiger partial charge in [0.15, 0.2) is 6.29 Å². The van der Waals surface area contributed by atoms with Gasteiger partial charge in [-0.25, -0.2) is 0 Å². The van der Waals surface area contributed by atoms with Gasteiger partial charge in [-0.2, -0.15) is 0 Å². The van der Waals surface area contributed by atoms with E-state index >= 15 is 0 Å². The second-order valence-electron chi connectivity index (χ2n) is 26.7. The molecule has 0 bridgehead atoms. The zero-order valence-electron chi connectivity index (χ0n) is 55.7. The zero-order valence-corrected chi connectivity index (χ0v) is 55.7. The number of aliphatic hydroxyl groups is 7. The van der Waals surface area contributed by atoms with Crippen LogP contribution in [0.2, 0.25) is 0 Å². The summed E-state index contributed by atoms with van der Waals surface area (Å²) < 4.78 is 11.2. The van der Waals surface area contributed by atoms with E-state index in [1.807, 2.05) is 0 Å². The fourth-order valence-electron chi connectivity index (χ4n) is 12.7. The fraction of sp³-hybridized carbons (Fsp3) is 0.986. The smallest absolute Gasteiger partial charge is 0.249 e. The van der Waals surface area contributed by atoms with Crippen molar-refractivity contribution in [2.24, 2.45) is 0 Å². The molecule has 0 spiro atoms. The summed E-state index contributed by atoms with van der Waals surface area (Å²) in [6.45, 7) is 3.54. The number of aliphatic hydroxyl groups excluding tert-OH is 7. The van der Waals surface area contributed by atoms with E-state index in [1.165, 1.54) is 315 Å². The van der Waals surface area contributed by atoms with Gasteiger partial charge in [0, 0.05) is 0 Å². The van der Waals surface area contributed by atoms with Gasteiger partial charge in [0.25, 0.3) is 0 Å². The maximum atomic E-state index is 13.3. The van der Waals surface area contributed by atoms with Crippen molar-refractivity contribution < 1.29 is 50.0 Å². The van der Waals surface area contributed by atoms with Gasteiger partial charge in [0.2, 0.25) is 5.91 Å². The van der Waals surface area contributed by atoms with Crippen molar-refractivity contribution in [2.75, 3.05) is 13.2 Å². The molecule has 1 saturated heterocycles. The maximum absolute atomic E-state index is 13.3. The number of carbonyl (C=O) groups is 1. The van der Waals surface area contributed by atoms with Gasteiger partial charge in [-0.05, 0) is 12.8 Å². The van der Waals surface area contributed by atoms with Gasteiger partial charge in [0.1, 0.15) is 36.6 Å². The first-order chi connectivity index (χ1) is 41.2. The Balaban J connectivity index is 2.16. The SMILES string of the molecule is CCCCCCCCCCCCCCCCCCCCCCCCCCCCCCCC(O)C(O)C(COC1OC(CO)C(O)C(O)C1O)NC(=O)C(O)CCCCCCCCCCCCCCCCCCCCCCCCCCCCCC. The Morgan fingerprint density at radius 2 is 0.619 bits per heavy atom. The molecule has 8 N–H and O–H groups in total. The van der Waals surface area contributed by atoms with E-state index in [0.29, 0.717) is 19.3 Å². The van der Waals surface area contributed by atoms with Crippen LogP contribution in [0.25, 0.3) is 0 Å². The third-order valence-electron chi connectivity index (χ3n) is 18.7. The Kier molecular flexibility index (Phi) is 60.2. The van der Waals surface area contributed by atoms with Crippen LogP contribution in [0.1, 0.15) is 393 Å². The first-order valence-electron chi connectivity index (χ1n) is 37.4. The van der Waals surface area contributed by atoms with Gasteiger partial charge >= 0.3 is 0 Å². The van der Waals surface area contributed by atoms with Crippen molar-refractivity contribution in [3.63, 3.8) is 0 Å². The number of nitrogens with one attached hydrogen (secondary N) is 1. The van der Waals surface area contributed by atoms with Gasteiger partial charge in [-0.3, -0.25) is 4.79 Å². The standard InChI is InChI=1S/C73H145NO10/c1-3-5-7-9-11-13-15-17-19-21-23-25-27-29-31-33-35-36-38-40-42-44-46-48-50-52-54-56-58-60-65(76)68(78)64(63-83-73-71(81)70(80)69(79)67(62-75)84-73)74-72(82)66(77)61-59-57-55-53-51-49-47-45-43-41-39-37-34-32-30-28-26-24-22-20-18-16-14-12-10-8-6-4-2/h64-71,73,75-81H,3-63H2,1-2H3,(H,74,82). The van der Waals surface area contributed by atoms with E-state index < -0.39 is 74.2 Å². The van der Waals surface area contributed by atoms with Crippen molar-refractivity contribution in [3.05, 3.63) is 0 Å². The van der Waals surface area contributed by atoms with Crippen molar-refractivity contribution >= 4 is 5.91 Å². The second-order valence-corrected chi connectivity index (χ2v) is 26.7. The normalized spacial score (nSPS) is 18.8. The lowest BCUT2D eigenvalue weighted by molar-refractivity contribution is -0.303. The fourth-order valence-corrected chi connectivity index (χ4v) is 12.7. The predicted molar refractivity (Wildman–Crippen MR) is 353 cm³/mol. The molecule has 1 fully saturated rings. The minimum absolute atomic E-state index is 0.268. The number of rotatable bonds is 67. The number of ether oxygens (including phenoxy) is 2. The highest BCUT2D eigenvalue weighted by molar-refractivity contribution is 5.80. The van der Waals surface area contributed by atoms with Crippen molar-refractivity contribution in [1.29, 1.82) is 0 Å². The molecular formula is C73H145NO10. The summed E-state index contributed by atoms with van der Waals surface area (Å²) in [5.41, 5.74) is 0. The number of unbranched alkanes of at least 4 members (excludes halogenated alkanes) is 55. The van der Waals surface area contributed by atoms with Crippen LogP contribution >= 0.6 is 0 Å². The van der Waals surface area contributed by atoms with Crippen LogP contribution in [0.15, 0.2) is 0 Å². The number of hydrogen-bond acceptors (Lipinski definition) is 10. The van der Waals surface area contributed by atoms with Gasteiger partial charge in [-0.1, -0.05) is 380 Å². The molecular weight excluding hydrogens is 1050 g/mol. The molecule has 11 nitrogen and oxygen atoms in total. The average Bonchev–Trinajstić information content (AvgIpc) is 3.66. The number of hydrogen-bond donors (Lipinski definition) is 8. The lowest BCUT2D eigenvalue weighted by Crippen LogP contribution is -2.60. The molecule has 502 valence electrons. The molecule has 9 atom stereocenters. The lowest BCUT2D eigenvalue weighted by atomic mass is 9.98. The van der Waals surface area contributed by atoms with Crippen LogP contribution < -0.4 is 5.32 Å². The summed E-state index contributed by atoms with van der Waals surface area (Å²) in [4.78, 5) is 13.3. The largest absolute Gasteiger partial charge is 0.394 e. The van der Waals surface area contributed by atoms with Crippen LogP contribution in [0.3, 0.4) is 0 Å². The molecule has 1 amide bonds. The van der Waals surface area contributed by atoms with Crippen LogP contribution in [0, 0.1) is 0 Å². The van der Waals surface area contributed by atoms with E-state index in [1.54, 1.807) is 0 Å². The molecule has 0 aromatic rings. The summed E-state index contributed by atoms with van der Waals surface area (Å²) in [5.74, 6) is -0.686. The summed E-state index contributed by atoms with van der Waals surface area (Å²) >= 11 is 0. The highest BCUT2D eigenvalue weighted by atomic mass is 16.7. The molecule has 11 heteroatoms. The van der Waals surface area contributed by atoms with Crippen molar-refractivity contribution in [3.8, 4) is 0 Å². The quantitative estimate of drug-likeness (QED) is 0.0272. The third kappa shape index (κ3) is 49.0. The first-order valence-corrected chi connectivity index (χ1v) is 37.4. The molecule has 1 rings (SSSR count). The first kappa shape index (κ1) is 81.1. The van der Waals surface area contributed by atoms with Gasteiger partial charge in [0.05, 0.1) is 25.4 Å². The molecule has 0 aromatic heterocycles. The molecule has 0 aromatic carbocycles. The molecule has 0 saturated carbocycles. The lowest BCUT2D eigenvalue weighted by Gasteiger charge is -2.40. The summed E-state index contributed by atoms with van der Waals surface area (Å²) in [5, 5.41) is 76.7. The Morgan fingerprint density at radius 1 is 0.369 bits per heavy atom. The van der Waals surface area contributed by atoms with Gasteiger partial charge < -0.3 is 50.5 Å². The monoisotopic (exact) mass is 1200 g/mol. The summed E-state index contributed by atoms with van der Waals surface area (Å²) in [6, 6.07) is -1.16. The Morgan fingerprint density at radius 3 is 0.881 bits per heavy atom. The van der Waals surface area contributed by atoms with Crippen LogP contribution in [-0.2, 0) is 14.3 Å². The molecule has 0 radical (unpaired) electrons. The topological polar surface area (TPSA) is 189 Å². The molecule has 1 aliphatic rings. The van der Waals surface area contributed by atoms with E-state index in [9.17, 15) is 40.5 Å². The molecule has 1 aliphatic heterocycles. The molecule has 9 unspecified atom stereocenters. The molecule has 0 aliphatic carbocycles. The van der Waals surface area contributed by atoms with E-state index in [2.05, 4.69) is 19.2 Å². The Labute approximate surface area is 520 Å². The van der Waals surface area contributed by atoms with E-state index in [-0.39, 0.29) is 6.42 Å². The zero-order chi connectivity index (χ0) is 61.0. The van der Waals surface area contributed by atoms with Crippen LogP contribution in [-0.4, -0.2) is 110 Å². The Bertz CT molecular complexity index is 1330. The predicted octanol–water partition coefficient (Wildman–Crippen LogP) is 18.4.